The van der Waals surface area contributed by atoms with Gasteiger partial charge in [-0.1, -0.05) is 13.8 Å². The third kappa shape index (κ3) is 5.31. The highest BCUT2D eigenvalue weighted by Gasteiger charge is 2.56. The molecule has 3 aromatic carbocycles. The summed E-state index contributed by atoms with van der Waals surface area (Å²) in [5, 5.41) is 18.6. The van der Waals surface area contributed by atoms with Crippen molar-refractivity contribution in [1.29, 1.82) is 0 Å². The van der Waals surface area contributed by atoms with E-state index in [0.717, 1.165) is 17.7 Å². The topological polar surface area (TPSA) is 59.3 Å². The van der Waals surface area contributed by atoms with E-state index in [-0.39, 0.29) is 11.3 Å². The van der Waals surface area contributed by atoms with Crippen molar-refractivity contribution >= 4 is 16.6 Å². The molecule has 0 fully saturated rings. The van der Waals surface area contributed by atoms with E-state index >= 15 is 0 Å². The SMILES string of the molecule is COc1ccc(F)cc1C(C)(C)CC(O)(CNc1cc(C)cc2c1cnn2-c1ccc(F)cc1)C(F)(F)F. The van der Waals surface area contributed by atoms with Gasteiger partial charge in [0.2, 0.25) is 0 Å². The quantitative estimate of drug-likeness (QED) is 0.248. The maximum Gasteiger partial charge on any atom is 0.418 e. The maximum atomic E-state index is 14.3. The molecule has 0 radical (unpaired) electrons. The first-order valence-electron chi connectivity index (χ1n) is 11.9. The summed E-state index contributed by atoms with van der Waals surface area (Å²) in [6, 6.07) is 12.8. The molecule has 0 aliphatic heterocycles. The van der Waals surface area contributed by atoms with Crippen molar-refractivity contribution in [2.45, 2.75) is 44.4 Å². The Kier molecular flexibility index (Phi) is 7.13. The fourth-order valence-corrected chi connectivity index (χ4v) is 4.74. The van der Waals surface area contributed by atoms with Crippen LogP contribution in [0.25, 0.3) is 16.6 Å². The van der Waals surface area contributed by atoms with Crippen LogP contribution in [0.1, 0.15) is 31.4 Å². The summed E-state index contributed by atoms with van der Waals surface area (Å²) in [6.45, 7) is 3.91. The number of halogens is 5. The molecule has 0 aliphatic carbocycles. The molecule has 1 aromatic heterocycles. The molecule has 0 aliphatic rings. The van der Waals surface area contributed by atoms with E-state index in [1.807, 2.05) is 6.07 Å². The zero-order valence-corrected chi connectivity index (χ0v) is 21.3. The van der Waals surface area contributed by atoms with Crippen molar-refractivity contribution in [2.75, 3.05) is 19.0 Å². The van der Waals surface area contributed by atoms with Gasteiger partial charge in [-0.3, -0.25) is 0 Å². The molecule has 1 heterocycles. The van der Waals surface area contributed by atoms with E-state index in [1.54, 1.807) is 29.8 Å². The maximum absolute atomic E-state index is 14.3. The van der Waals surface area contributed by atoms with Crippen LogP contribution in [0.5, 0.6) is 5.75 Å². The minimum atomic E-state index is -5.00. The van der Waals surface area contributed by atoms with Crippen molar-refractivity contribution in [3.63, 3.8) is 0 Å². The molecule has 1 atom stereocenters. The molecule has 5 nitrogen and oxygen atoms in total. The average molecular weight is 534 g/mol. The van der Waals surface area contributed by atoms with E-state index in [9.17, 15) is 27.1 Å². The monoisotopic (exact) mass is 533 g/mol. The van der Waals surface area contributed by atoms with E-state index in [0.29, 0.717) is 22.3 Å². The van der Waals surface area contributed by atoms with Crippen molar-refractivity contribution < 1.29 is 31.8 Å². The molecule has 38 heavy (non-hydrogen) atoms. The van der Waals surface area contributed by atoms with Gasteiger partial charge in [-0.25, -0.2) is 13.5 Å². The molecular formula is C28H28F5N3O2. The Hall–Kier alpha value is -3.66. The van der Waals surface area contributed by atoms with Crippen LogP contribution in [0.15, 0.2) is 60.8 Å². The predicted molar refractivity (Wildman–Crippen MR) is 136 cm³/mol. The lowest BCUT2D eigenvalue weighted by molar-refractivity contribution is -0.260. The standard InChI is InChI=1S/C28H28F5N3O2/c1-17-11-23(21-14-35-36(24(21)12-17)20-8-5-18(29)6-9-20)34-16-27(37,28(31,32)33)15-26(2,3)22-13-19(30)7-10-25(22)38-4/h5-14,34,37H,15-16H2,1-4H3. The van der Waals surface area contributed by atoms with Crippen LogP contribution in [-0.4, -0.2) is 40.3 Å². The summed E-state index contributed by atoms with van der Waals surface area (Å²) in [5.41, 5.74) is -2.01. The lowest BCUT2D eigenvalue weighted by atomic mass is 9.74. The molecule has 2 N–H and O–H groups in total. The van der Waals surface area contributed by atoms with Crippen LogP contribution in [-0.2, 0) is 5.41 Å². The highest BCUT2D eigenvalue weighted by atomic mass is 19.4. The number of hydrogen-bond donors (Lipinski definition) is 2. The lowest BCUT2D eigenvalue weighted by Gasteiger charge is -2.38. The number of aromatic nitrogens is 2. The van der Waals surface area contributed by atoms with Gasteiger partial charge in [-0.15, -0.1) is 0 Å². The Morgan fingerprint density at radius 3 is 2.26 bits per heavy atom. The first-order valence-corrected chi connectivity index (χ1v) is 11.9. The summed E-state index contributed by atoms with van der Waals surface area (Å²) < 4.78 is 77.2. The number of ether oxygens (including phenoxy) is 1. The zero-order valence-electron chi connectivity index (χ0n) is 21.3. The number of alkyl halides is 3. The van der Waals surface area contributed by atoms with Crippen molar-refractivity contribution in [3.05, 3.63) is 83.6 Å². The normalized spacial score (nSPS) is 13.9. The highest BCUT2D eigenvalue weighted by molar-refractivity contribution is 5.93. The number of aliphatic hydroxyl groups is 1. The van der Waals surface area contributed by atoms with Gasteiger partial charge in [-0.05, 0) is 78.9 Å². The molecule has 0 amide bonds. The van der Waals surface area contributed by atoms with Gasteiger partial charge < -0.3 is 15.2 Å². The van der Waals surface area contributed by atoms with Crippen LogP contribution >= 0.6 is 0 Å². The third-order valence-corrected chi connectivity index (χ3v) is 6.63. The predicted octanol–water partition coefficient (Wildman–Crippen LogP) is 6.69. The van der Waals surface area contributed by atoms with Gasteiger partial charge in [0.05, 0.1) is 31.1 Å². The van der Waals surface area contributed by atoms with Crippen LogP contribution in [0.4, 0.5) is 27.6 Å². The van der Waals surface area contributed by atoms with Crippen LogP contribution in [0, 0.1) is 18.6 Å². The third-order valence-electron chi connectivity index (χ3n) is 6.63. The average Bonchev–Trinajstić information content (AvgIpc) is 3.26. The van der Waals surface area contributed by atoms with E-state index in [4.69, 9.17) is 4.74 Å². The van der Waals surface area contributed by atoms with E-state index < -0.39 is 41.8 Å². The summed E-state index contributed by atoms with van der Waals surface area (Å²) >= 11 is 0. The Bertz CT molecular complexity index is 1450. The smallest absolute Gasteiger partial charge is 0.418 e. The number of methoxy groups -OCH3 is 1. The molecule has 202 valence electrons. The molecule has 4 aromatic rings. The second-order valence-corrected chi connectivity index (χ2v) is 10.1. The van der Waals surface area contributed by atoms with Gasteiger partial charge in [0, 0.05) is 16.6 Å². The Morgan fingerprint density at radius 1 is 0.974 bits per heavy atom. The second kappa shape index (κ2) is 9.90. The van der Waals surface area contributed by atoms with Crippen LogP contribution in [0.3, 0.4) is 0 Å². The molecule has 10 heteroatoms. The fraction of sp³-hybridized carbons (Fsp3) is 0.321. The highest BCUT2D eigenvalue weighted by Crippen LogP contribution is 2.44. The van der Waals surface area contributed by atoms with Crippen molar-refractivity contribution in [1.82, 2.24) is 9.78 Å². The Labute approximate surface area is 216 Å². The second-order valence-electron chi connectivity index (χ2n) is 10.1. The van der Waals surface area contributed by atoms with E-state index in [1.165, 1.54) is 45.4 Å². The fourth-order valence-electron chi connectivity index (χ4n) is 4.74. The number of anilines is 1. The molecule has 0 bridgehead atoms. The van der Waals surface area contributed by atoms with Gasteiger partial charge in [0.1, 0.15) is 17.4 Å². The summed E-state index contributed by atoms with van der Waals surface area (Å²) in [5.74, 6) is -0.806. The van der Waals surface area contributed by atoms with Crippen LogP contribution < -0.4 is 10.1 Å². The van der Waals surface area contributed by atoms with Crippen LogP contribution in [0.2, 0.25) is 0 Å². The van der Waals surface area contributed by atoms with Gasteiger partial charge in [0.15, 0.2) is 5.60 Å². The van der Waals surface area contributed by atoms with Crippen molar-refractivity contribution in [2.24, 2.45) is 0 Å². The van der Waals surface area contributed by atoms with Gasteiger partial charge in [0.25, 0.3) is 0 Å². The minimum Gasteiger partial charge on any atom is -0.496 e. The zero-order chi connectivity index (χ0) is 27.9. The molecule has 4 rings (SSSR count). The Morgan fingerprint density at radius 2 is 1.63 bits per heavy atom. The van der Waals surface area contributed by atoms with Crippen molar-refractivity contribution in [3.8, 4) is 11.4 Å². The first kappa shape index (κ1) is 27.4. The largest absolute Gasteiger partial charge is 0.496 e. The lowest BCUT2D eigenvalue weighted by Crippen LogP contribution is -2.53. The molecule has 0 saturated carbocycles. The molecule has 1 unspecified atom stereocenters. The first-order chi connectivity index (χ1) is 17.7. The number of nitrogens with one attached hydrogen (secondary N) is 1. The minimum absolute atomic E-state index is 0.209. The number of nitrogens with zero attached hydrogens (tertiary/aromatic N) is 2. The van der Waals surface area contributed by atoms with Gasteiger partial charge in [-0.2, -0.15) is 18.3 Å². The number of benzene rings is 3. The Balaban J connectivity index is 1.68. The van der Waals surface area contributed by atoms with Gasteiger partial charge >= 0.3 is 6.18 Å². The number of aryl methyl sites for hydroxylation is 1. The molecule has 0 saturated heterocycles. The molecule has 0 spiro atoms. The number of hydrogen-bond acceptors (Lipinski definition) is 4. The summed E-state index contributed by atoms with van der Waals surface area (Å²) in [4.78, 5) is 0. The summed E-state index contributed by atoms with van der Waals surface area (Å²) in [6.07, 6.45) is -4.27. The van der Waals surface area contributed by atoms with E-state index in [2.05, 4.69) is 10.4 Å². The number of rotatable bonds is 8. The summed E-state index contributed by atoms with van der Waals surface area (Å²) in [7, 11) is 1.35. The molecular weight excluding hydrogens is 505 g/mol. The number of fused-ring (bicyclic) bond motifs is 1.